The molecule has 0 unspecified atom stereocenters. The van der Waals surface area contributed by atoms with Gasteiger partial charge in [-0.1, -0.05) is 27.7 Å². The minimum atomic E-state index is -1.39. The highest BCUT2D eigenvalue weighted by Crippen LogP contribution is 2.33. The first-order valence-corrected chi connectivity index (χ1v) is 13.7. The highest BCUT2D eigenvalue weighted by Gasteiger charge is 2.44. The van der Waals surface area contributed by atoms with Crippen LogP contribution in [0.15, 0.2) is 0 Å². The molecule has 0 aromatic heterocycles. The number of carbonyl (C=O) groups excluding carboxylic acids is 3. The fourth-order valence-electron chi connectivity index (χ4n) is 5.73. The third-order valence-electron chi connectivity index (χ3n) is 8.33. The molecule has 2 fully saturated rings. The second-order valence-corrected chi connectivity index (χ2v) is 11.9. The molecule has 2 N–H and O–H groups in total. The Balaban J connectivity index is 2.39. The number of cyclic esters (lactones) is 1. The second kappa shape index (κ2) is 13.1. The summed E-state index contributed by atoms with van der Waals surface area (Å²) in [5, 5.41) is 22.0. The summed E-state index contributed by atoms with van der Waals surface area (Å²) in [4.78, 5) is 41.4. The average Bonchev–Trinajstić information content (AvgIpc) is 2.83. The molecular formula is C28H49NO8. The van der Waals surface area contributed by atoms with Crippen molar-refractivity contribution in [2.45, 2.75) is 123 Å². The van der Waals surface area contributed by atoms with E-state index in [9.17, 15) is 24.6 Å². The predicted octanol–water partition coefficient (Wildman–Crippen LogP) is 2.74. The Kier molecular flexibility index (Phi) is 11.3. The lowest BCUT2D eigenvalue weighted by Crippen LogP contribution is -2.56. The van der Waals surface area contributed by atoms with Crippen LogP contribution in [0, 0.1) is 23.7 Å². The molecule has 0 saturated carbocycles. The highest BCUT2D eigenvalue weighted by atomic mass is 16.7. The van der Waals surface area contributed by atoms with Crippen molar-refractivity contribution in [3.63, 3.8) is 0 Å². The molecule has 9 heteroatoms. The molecule has 0 aliphatic carbocycles. The molecule has 0 radical (unpaired) electrons. The normalized spacial score (nSPS) is 43.4. The third-order valence-corrected chi connectivity index (χ3v) is 8.33. The van der Waals surface area contributed by atoms with Crippen LogP contribution in [-0.4, -0.2) is 89.1 Å². The number of carbonyl (C=O) groups is 3. The van der Waals surface area contributed by atoms with Crippen molar-refractivity contribution in [2.75, 3.05) is 14.1 Å². The standard InChI is InChI=1S/C28H49NO8/c1-10-22-28(7,34)12-11-21(30)15(2)13-16(3)25(18(5)23(31)19(6)26(33)36-22)37-27-24(32)20(29(8)9)14-17(4)35-27/h15-20,22,24-25,27,32,34H,10-14H2,1-9H3/t15-,16-,17+,18+,19-,20-,22-,24-,25+,27+,28-/m0/s1. The van der Waals surface area contributed by atoms with Crippen molar-refractivity contribution in [2.24, 2.45) is 23.7 Å². The first kappa shape index (κ1) is 31.8. The van der Waals surface area contributed by atoms with Crippen molar-refractivity contribution in [1.82, 2.24) is 4.90 Å². The van der Waals surface area contributed by atoms with Gasteiger partial charge in [0.2, 0.25) is 0 Å². The number of likely N-dealkylation sites (N-methyl/N-ethyl adjacent to an activating group) is 1. The summed E-state index contributed by atoms with van der Waals surface area (Å²) in [5.74, 6) is -3.43. The Bertz CT molecular complexity index is 799. The van der Waals surface area contributed by atoms with Gasteiger partial charge in [0.05, 0.1) is 17.8 Å². The Morgan fingerprint density at radius 1 is 1.08 bits per heavy atom. The summed E-state index contributed by atoms with van der Waals surface area (Å²) in [6.07, 6.45) is -1.82. The molecule has 0 bridgehead atoms. The molecule has 0 amide bonds. The quantitative estimate of drug-likeness (QED) is 0.420. The van der Waals surface area contributed by atoms with Crippen LogP contribution in [0.5, 0.6) is 0 Å². The van der Waals surface area contributed by atoms with Gasteiger partial charge in [-0.25, -0.2) is 0 Å². The van der Waals surface area contributed by atoms with Gasteiger partial charge in [0, 0.05) is 24.3 Å². The van der Waals surface area contributed by atoms with E-state index >= 15 is 0 Å². The maximum atomic E-state index is 13.5. The molecule has 2 saturated heterocycles. The van der Waals surface area contributed by atoms with Crippen LogP contribution in [0.4, 0.5) is 0 Å². The summed E-state index contributed by atoms with van der Waals surface area (Å²) in [6, 6.07) is -0.179. The Morgan fingerprint density at radius 2 is 1.70 bits per heavy atom. The van der Waals surface area contributed by atoms with Gasteiger partial charge in [0.1, 0.15) is 23.9 Å². The molecule has 0 spiro atoms. The van der Waals surface area contributed by atoms with Crippen molar-refractivity contribution in [1.29, 1.82) is 0 Å². The van der Waals surface area contributed by atoms with Gasteiger partial charge in [0.25, 0.3) is 0 Å². The van der Waals surface area contributed by atoms with Gasteiger partial charge >= 0.3 is 5.97 Å². The fraction of sp³-hybridized carbons (Fsp3) is 0.893. The van der Waals surface area contributed by atoms with Crippen LogP contribution >= 0.6 is 0 Å². The molecule has 37 heavy (non-hydrogen) atoms. The molecule has 2 aliphatic rings. The summed E-state index contributed by atoms with van der Waals surface area (Å²) < 4.78 is 17.9. The SMILES string of the molecule is CC[C@@H]1OC(=O)[C@@H](C)C(=O)[C@@H](C)[C@H](O[C@H]2O[C@H](C)C[C@H](N(C)C)[C@@H]2O)[C@@H](C)C[C@H](C)C(=O)CC[C@]1(C)O. The van der Waals surface area contributed by atoms with E-state index in [2.05, 4.69) is 0 Å². The number of Topliss-reactive ketones (excluding diaryl/α,β-unsaturated/α-hetero) is 2. The second-order valence-electron chi connectivity index (χ2n) is 11.9. The third kappa shape index (κ3) is 7.82. The molecular weight excluding hydrogens is 478 g/mol. The highest BCUT2D eigenvalue weighted by molar-refractivity contribution is 6.00. The van der Waals surface area contributed by atoms with E-state index in [0.29, 0.717) is 19.3 Å². The van der Waals surface area contributed by atoms with E-state index in [4.69, 9.17) is 14.2 Å². The van der Waals surface area contributed by atoms with Crippen LogP contribution in [0.2, 0.25) is 0 Å². The van der Waals surface area contributed by atoms with Crippen LogP contribution in [0.25, 0.3) is 0 Å². The van der Waals surface area contributed by atoms with Crippen LogP contribution < -0.4 is 0 Å². The van der Waals surface area contributed by atoms with Crippen molar-refractivity contribution < 1.29 is 38.8 Å². The number of nitrogens with zero attached hydrogens (tertiary/aromatic N) is 1. The van der Waals surface area contributed by atoms with Gasteiger partial charge in [-0.2, -0.15) is 0 Å². The summed E-state index contributed by atoms with van der Waals surface area (Å²) in [6.45, 7) is 12.3. The van der Waals surface area contributed by atoms with Crippen molar-refractivity contribution >= 4 is 17.5 Å². The monoisotopic (exact) mass is 527 g/mol. The van der Waals surface area contributed by atoms with Gasteiger partial charge in [-0.15, -0.1) is 0 Å². The van der Waals surface area contributed by atoms with E-state index in [-0.39, 0.29) is 48.4 Å². The Morgan fingerprint density at radius 3 is 2.27 bits per heavy atom. The van der Waals surface area contributed by atoms with E-state index in [1.165, 1.54) is 6.92 Å². The number of rotatable bonds is 4. The zero-order valence-corrected chi connectivity index (χ0v) is 24.1. The average molecular weight is 528 g/mol. The van der Waals surface area contributed by atoms with Crippen LogP contribution in [0.3, 0.4) is 0 Å². The summed E-state index contributed by atoms with van der Waals surface area (Å²) >= 11 is 0. The predicted molar refractivity (Wildman–Crippen MR) is 139 cm³/mol. The Hall–Kier alpha value is -1.39. The Labute approximate surface area is 222 Å². The summed E-state index contributed by atoms with van der Waals surface area (Å²) in [7, 11) is 3.78. The van der Waals surface area contributed by atoms with Gasteiger partial charge < -0.3 is 29.3 Å². The molecule has 0 aromatic carbocycles. The van der Waals surface area contributed by atoms with E-state index in [0.717, 1.165) is 0 Å². The molecule has 2 heterocycles. The number of aliphatic hydroxyl groups excluding tert-OH is 1. The number of hydrogen-bond acceptors (Lipinski definition) is 9. The van der Waals surface area contributed by atoms with Crippen molar-refractivity contribution in [3.05, 3.63) is 0 Å². The first-order chi connectivity index (χ1) is 17.1. The molecule has 11 atom stereocenters. The topological polar surface area (TPSA) is 123 Å². The zero-order valence-electron chi connectivity index (χ0n) is 24.1. The minimum absolute atomic E-state index is 0.00768. The molecule has 2 rings (SSSR count). The van der Waals surface area contributed by atoms with E-state index in [1.54, 1.807) is 20.8 Å². The lowest BCUT2D eigenvalue weighted by molar-refractivity contribution is -0.278. The maximum Gasteiger partial charge on any atom is 0.316 e. The molecule has 9 nitrogen and oxygen atoms in total. The molecule has 0 aromatic rings. The zero-order chi connectivity index (χ0) is 28.2. The molecule has 214 valence electrons. The number of esters is 1. The molecule has 2 aliphatic heterocycles. The number of aliphatic hydroxyl groups is 2. The van der Waals surface area contributed by atoms with Crippen LogP contribution in [0.1, 0.15) is 80.6 Å². The van der Waals surface area contributed by atoms with E-state index < -0.39 is 48.0 Å². The van der Waals surface area contributed by atoms with Gasteiger partial charge in [-0.05, 0) is 66.5 Å². The van der Waals surface area contributed by atoms with Gasteiger partial charge in [-0.3, -0.25) is 14.4 Å². The minimum Gasteiger partial charge on any atom is -0.459 e. The van der Waals surface area contributed by atoms with Crippen LogP contribution in [-0.2, 0) is 28.6 Å². The fourth-order valence-corrected chi connectivity index (χ4v) is 5.73. The van der Waals surface area contributed by atoms with E-state index in [1.807, 2.05) is 39.8 Å². The van der Waals surface area contributed by atoms with Gasteiger partial charge in [0.15, 0.2) is 12.1 Å². The number of ether oxygens (including phenoxy) is 3. The lowest BCUT2D eigenvalue weighted by atomic mass is 9.79. The summed E-state index contributed by atoms with van der Waals surface area (Å²) in [5.41, 5.74) is -1.39. The smallest absolute Gasteiger partial charge is 0.316 e. The number of ketones is 2. The van der Waals surface area contributed by atoms with Crippen molar-refractivity contribution in [3.8, 4) is 0 Å². The maximum absolute atomic E-state index is 13.5. The lowest BCUT2D eigenvalue weighted by Gasteiger charge is -2.43. The largest absolute Gasteiger partial charge is 0.459 e. The first-order valence-electron chi connectivity index (χ1n) is 13.7. The number of hydrogen-bond donors (Lipinski definition) is 2.